The fraction of sp³-hybridized carbons (Fsp3) is 0.412. The van der Waals surface area contributed by atoms with Gasteiger partial charge in [-0.25, -0.2) is 4.39 Å². The van der Waals surface area contributed by atoms with E-state index in [1.54, 1.807) is 0 Å². The van der Waals surface area contributed by atoms with Crippen LogP contribution in [0, 0.1) is 5.82 Å². The molecule has 0 radical (unpaired) electrons. The minimum atomic E-state index is -0.173. The number of benzene rings is 1. The number of halogens is 1. The zero-order valence-corrected chi connectivity index (χ0v) is 13.1. The van der Waals surface area contributed by atoms with Crippen molar-refractivity contribution in [1.29, 1.82) is 0 Å². The van der Waals surface area contributed by atoms with Gasteiger partial charge >= 0.3 is 0 Å². The lowest BCUT2D eigenvalue weighted by Gasteiger charge is -2.19. The molecular weight excluding hydrogens is 269 g/mol. The number of nitrogens with one attached hydrogen (secondary N) is 1. The molecule has 0 bridgehead atoms. The topological polar surface area (TPSA) is 12.0 Å². The fourth-order valence-corrected chi connectivity index (χ4v) is 3.32. The Bertz CT molecular complexity index is 532. The molecule has 0 aliphatic carbocycles. The Morgan fingerprint density at radius 1 is 1.10 bits per heavy atom. The third-order valence-electron chi connectivity index (χ3n) is 3.45. The fourth-order valence-electron chi connectivity index (χ4n) is 2.36. The summed E-state index contributed by atoms with van der Waals surface area (Å²) in [6, 6.07) is 11.9. The number of hydrogen-bond donors (Lipinski definition) is 1. The minimum absolute atomic E-state index is 0.173. The summed E-state index contributed by atoms with van der Waals surface area (Å²) in [6.45, 7) is 6.56. The van der Waals surface area contributed by atoms with Crippen molar-refractivity contribution in [3.63, 3.8) is 0 Å². The first-order valence-corrected chi connectivity index (χ1v) is 7.99. The molecule has 0 fully saturated rings. The minimum Gasteiger partial charge on any atom is -0.307 e. The van der Waals surface area contributed by atoms with Gasteiger partial charge in [-0.2, -0.15) is 0 Å². The second-order valence-corrected chi connectivity index (χ2v) is 6.48. The van der Waals surface area contributed by atoms with Crippen LogP contribution in [0.1, 0.15) is 42.1 Å². The monoisotopic (exact) mass is 291 g/mol. The van der Waals surface area contributed by atoms with E-state index in [9.17, 15) is 4.39 Å². The highest BCUT2D eigenvalue weighted by Crippen LogP contribution is 2.24. The molecule has 1 heterocycles. The molecule has 1 N–H and O–H groups in total. The van der Waals surface area contributed by atoms with Crippen molar-refractivity contribution < 1.29 is 4.39 Å². The molecule has 1 aromatic heterocycles. The highest BCUT2D eigenvalue weighted by Gasteiger charge is 2.12. The van der Waals surface area contributed by atoms with Crippen LogP contribution in [-0.2, 0) is 12.8 Å². The second-order valence-electron chi connectivity index (χ2n) is 5.28. The van der Waals surface area contributed by atoms with Crippen LogP contribution in [0.5, 0.6) is 0 Å². The zero-order chi connectivity index (χ0) is 14.5. The van der Waals surface area contributed by atoms with Gasteiger partial charge in [0.05, 0.1) is 0 Å². The van der Waals surface area contributed by atoms with Gasteiger partial charge in [0.2, 0.25) is 0 Å². The Morgan fingerprint density at radius 2 is 1.80 bits per heavy atom. The van der Waals surface area contributed by atoms with Crippen molar-refractivity contribution in [1.82, 2.24) is 5.32 Å². The molecule has 2 unspecified atom stereocenters. The number of aryl methyl sites for hydroxylation is 1. The zero-order valence-electron chi connectivity index (χ0n) is 12.3. The number of thiophene rings is 1. The first-order valence-electron chi connectivity index (χ1n) is 7.17. The first kappa shape index (κ1) is 15.2. The molecule has 0 saturated heterocycles. The van der Waals surface area contributed by atoms with E-state index < -0.39 is 0 Å². The maximum absolute atomic E-state index is 12.9. The van der Waals surface area contributed by atoms with Crippen molar-refractivity contribution in [2.75, 3.05) is 0 Å². The van der Waals surface area contributed by atoms with Crippen molar-refractivity contribution >= 4 is 11.3 Å². The van der Waals surface area contributed by atoms with Gasteiger partial charge in [-0.1, -0.05) is 19.1 Å². The molecule has 2 aromatic rings. The van der Waals surface area contributed by atoms with Crippen LogP contribution in [0.4, 0.5) is 4.39 Å². The number of hydrogen-bond acceptors (Lipinski definition) is 2. The van der Waals surface area contributed by atoms with Gasteiger partial charge in [-0.05, 0) is 56.5 Å². The molecule has 108 valence electrons. The van der Waals surface area contributed by atoms with Crippen LogP contribution in [0.2, 0.25) is 0 Å². The summed E-state index contributed by atoms with van der Waals surface area (Å²) in [4.78, 5) is 2.81. The van der Waals surface area contributed by atoms with E-state index in [0.29, 0.717) is 12.1 Å². The van der Waals surface area contributed by atoms with E-state index in [2.05, 4.69) is 38.2 Å². The van der Waals surface area contributed by atoms with Gasteiger partial charge in [-0.15, -0.1) is 11.3 Å². The average Bonchev–Trinajstić information content (AvgIpc) is 2.90. The Balaban J connectivity index is 1.90. The molecule has 0 saturated carbocycles. The van der Waals surface area contributed by atoms with Crippen LogP contribution in [0.3, 0.4) is 0 Å². The standard InChI is InChI=1S/C17H22FNS/c1-4-16-9-10-17(20-16)13(3)19-12(2)11-14-5-7-15(18)8-6-14/h5-10,12-13,19H,4,11H2,1-3H3. The predicted molar refractivity (Wildman–Crippen MR) is 84.8 cm³/mol. The summed E-state index contributed by atoms with van der Waals surface area (Å²) in [5, 5.41) is 3.61. The van der Waals surface area contributed by atoms with Gasteiger partial charge in [-0.3, -0.25) is 0 Å². The van der Waals surface area contributed by atoms with Crippen LogP contribution in [0.15, 0.2) is 36.4 Å². The maximum atomic E-state index is 12.9. The highest BCUT2D eigenvalue weighted by molar-refractivity contribution is 7.12. The Hall–Kier alpha value is -1.19. The quantitative estimate of drug-likeness (QED) is 0.811. The molecule has 3 heteroatoms. The summed E-state index contributed by atoms with van der Waals surface area (Å²) in [5.41, 5.74) is 1.17. The van der Waals surface area contributed by atoms with Gasteiger partial charge in [0.15, 0.2) is 0 Å². The van der Waals surface area contributed by atoms with Crippen LogP contribution < -0.4 is 5.32 Å². The molecule has 0 aliphatic rings. The Kier molecular flexibility index (Phi) is 5.32. The molecule has 1 aromatic carbocycles. The largest absolute Gasteiger partial charge is 0.307 e. The van der Waals surface area contributed by atoms with Crippen molar-refractivity contribution in [3.05, 3.63) is 57.5 Å². The third kappa shape index (κ3) is 4.15. The summed E-state index contributed by atoms with van der Waals surface area (Å²) in [7, 11) is 0. The summed E-state index contributed by atoms with van der Waals surface area (Å²) in [5.74, 6) is -0.173. The summed E-state index contributed by atoms with van der Waals surface area (Å²) >= 11 is 1.88. The van der Waals surface area contributed by atoms with E-state index in [0.717, 1.165) is 12.8 Å². The molecule has 0 spiro atoms. The SMILES string of the molecule is CCc1ccc(C(C)NC(C)Cc2ccc(F)cc2)s1. The third-order valence-corrected chi connectivity index (χ3v) is 4.86. The summed E-state index contributed by atoms with van der Waals surface area (Å²) < 4.78 is 12.9. The van der Waals surface area contributed by atoms with Crippen molar-refractivity contribution in [2.45, 2.75) is 45.7 Å². The van der Waals surface area contributed by atoms with Crippen molar-refractivity contribution in [3.8, 4) is 0 Å². The molecule has 2 atom stereocenters. The summed E-state index contributed by atoms with van der Waals surface area (Å²) in [6.07, 6.45) is 2.01. The second kappa shape index (κ2) is 7.00. The van der Waals surface area contributed by atoms with Gasteiger partial charge in [0.25, 0.3) is 0 Å². The van der Waals surface area contributed by atoms with Gasteiger partial charge in [0.1, 0.15) is 5.82 Å². The van der Waals surface area contributed by atoms with Crippen LogP contribution in [-0.4, -0.2) is 6.04 Å². The lowest BCUT2D eigenvalue weighted by Crippen LogP contribution is -2.30. The normalized spacial score (nSPS) is 14.2. The lowest BCUT2D eigenvalue weighted by molar-refractivity contribution is 0.481. The molecule has 0 amide bonds. The molecule has 0 aliphatic heterocycles. The molecule has 2 rings (SSSR count). The number of rotatable bonds is 6. The Labute approximate surface area is 124 Å². The van der Waals surface area contributed by atoms with Gasteiger partial charge in [0, 0.05) is 21.8 Å². The predicted octanol–water partition coefficient (Wildman–Crippen LogP) is 4.73. The molecule has 20 heavy (non-hydrogen) atoms. The van der Waals surface area contributed by atoms with E-state index >= 15 is 0 Å². The smallest absolute Gasteiger partial charge is 0.123 e. The van der Waals surface area contributed by atoms with E-state index in [4.69, 9.17) is 0 Å². The first-order chi connectivity index (χ1) is 9.58. The lowest BCUT2D eigenvalue weighted by atomic mass is 10.1. The van der Waals surface area contributed by atoms with E-state index in [1.807, 2.05) is 23.5 Å². The van der Waals surface area contributed by atoms with Crippen LogP contribution >= 0.6 is 11.3 Å². The molecule has 1 nitrogen and oxygen atoms in total. The van der Waals surface area contributed by atoms with Crippen LogP contribution in [0.25, 0.3) is 0 Å². The Morgan fingerprint density at radius 3 is 2.40 bits per heavy atom. The molecular formula is C17H22FNS. The average molecular weight is 291 g/mol. The van der Waals surface area contributed by atoms with Crippen molar-refractivity contribution in [2.24, 2.45) is 0 Å². The van der Waals surface area contributed by atoms with Gasteiger partial charge < -0.3 is 5.32 Å². The maximum Gasteiger partial charge on any atom is 0.123 e. The van der Waals surface area contributed by atoms with E-state index in [-0.39, 0.29) is 5.82 Å². The van der Waals surface area contributed by atoms with E-state index in [1.165, 1.54) is 27.5 Å². The highest BCUT2D eigenvalue weighted by atomic mass is 32.1.